The summed E-state index contributed by atoms with van der Waals surface area (Å²) in [5, 5.41) is 3.67. The second kappa shape index (κ2) is 14.1. The average Bonchev–Trinajstić information content (AvgIpc) is 3.50. The molecule has 42 heavy (non-hydrogen) atoms. The van der Waals surface area contributed by atoms with E-state index in [0.717, 1.165) is 41.1 Å². The molecule has 1 unspecified atom stereocenters. The second-order valence-electron chi connectivity index (χ2n) is 10.6. The molecule has 0 heterocycles. The smallest absolute Gasteiger partial charge is 0.264 e. The van der Waals surface area contributed by atoms with E-state index >= 15 is 0 Å². The molecule has 0 radical (unpaired) electrons. The van der Waals surface area contributed by atoms with Crippen LogP contribution in [0, 0.1) is 6.92 Å². The molecule has 8 nitrogen and oxygen atoms in total. The third-order valence-electron chi connectivity index (χ3n) is 7.57. The number of benzene rings is 3. The van der Waals surface area contributed by atoms with Crippen molar-refractivity contribution in [2.24, 2.45) is 0 Å². The maximum atomic E-state index is 14.3. The zero-order chi connectivity index (χ0) is 30.3. The normalized spacial score (nSPS) is 14.3. The number of hydrogen-bond acceptors (Lipinski definition) is 5. The molecular formula is C32H38ClN3O5S. The van der Waals surface area contributed by atoms with Crippen molar-refractivity contribution in [2.45, 2.75) is 69.5 Å². The van der Waals surface area contributed by atoms with Gasteiger partial charge in [0.25, 0.3) is 10.0 Å². The first-order valence-corrected chi connectivity index (χ1v) is 16.0. The number of anilines is 1. The van der Waals surface area contributed by atoms with Gasteiger partial charge in [-0.05, 0) is 73.7 Å². The Hall–Kier alpha value is -3.56. The second-order valence-corrected chi connectivity index (χ2v) is 12.9. The van der Waals surface area contributed by atoms with Crippen LogP contribution in [0.25, 0.3) is 0 Å². The number of hydrogen-bond donors (Lipinski definition) is 1. The summed E-state index contributed by atoms with van der Waals surface area (Å²) in [6.07, 6.45) is 4.28. The zero-order valence-corrected chi connectivity index (χ0v) is 25.8. The van der Waals surface area contributed by atoms with Gasteiger partial charge in [-0.1, -0.05) is 67.8 Å². The Morgan fingerprint density at radius 1 is 1.02 bits per heavy atom. The van der Waals surface area contributed by atoms with Crippen molar-refractivity contribution in [3.63, 3.8) is 0 Å². The quantitative estimate of drug-likeness (QED) is 0.283. The highest BCUT2D eigenvalue weighted by Gasteiger charge is 2.35. The molecular weight excluding hydrogens is 574 g/mol. The summed E-state index contributed by atoms with van der Waals surface area (Å²) >= 11 is 6.10. The van der Waals surface area contributed by atoms with E-state index in [2.05, 4.69) is 5.32 Å². The summed E-state index contributed by atoms with van der Waals surface area (Å²) in [4.78, 5) is 29.4. The van der Waals surface area contributed by atoms with E-state index < -0.39 is 28.5 Å². The molecule has 224 valence electrons. The molecule has 1 aliphatic carbocycles. The van der Waals surface area contributed by atoms with Crippen LogP contribution in [0.15, 0.2) is 77.7 Å². The van der Waals surface area contributed by atoms with Crippen molar-refractivity contribution in [1.82, 2.24) is 10.2 Å². The fraction of sp³-hybridized carbons (Fsp3) is 0.375. The maximum Gasteiger partial charge on any atom is 0.264 e. The van der Waals surface area contributed by atoms with Crippen LogP contribution in [-0.2, 0) is 26.2 Å². The van der Waals surface area contributed by atoms with Crippen LogP contribution in [0.5, 0.6) is 5.75 Å². The van der Waals surface area contributed by atoms with Gasteiger partial charge in [-0.3, -0.25) is 13.9 Å². The lowest BCUT2D eigenvalue weighted by Gasteiger charge is -2.34. The first kappa shape index (κ1) is 31.4. The number of nitrogens with one attached hydrogen (secondary N) is 1. The lowest BCUT2D eigenvalue weighted by atomic mass is 10.1. The fourth-order valence-electron chi connectivity index (χ4n) is 5.30. The Kier molecular flexibility index (Phi) is 10.5. The lowest BCUT2D eigenvalue weighted by Crippen LogP contribution is -2.53. The summed E-state index contributed by atoms with van der Waals surface area (Å²) in [5.41, 5.74) is 1.81. The number of sulfonamides is 1. The van der Waals surface area contributed by atoms with E-state index in [9.17, 15) is 18.0 Å². The van der Waals surface area contributed by atoms with Gasteiger partial charge in [0.2, 0.25) is 11.8 Å². The average molecular weight is 612 g/mol. The van der Waals surface area contributed by atoms with E-state index in [-0.39, 0.29) is 29.1 Å². The van der Waals surface area contributed by atoms with Crippen molar-refractivity contribution in [1.29, 1.82) is 0 Å². The molecule has 3 aromatic rings. The molecule has 3 aromatic carbocycles. The van der Waals surface area contributed by atoms with Crippen LogP contribution >= 0.6 is 11.6 Å². The number of aryl methyl sites for hydroxylation is 1. The summed E-state index contributed by atoms with van der Waals surface area (Å²) in [5.74, 6) is -0.443. The Morgan fingerprint density at radius 3 is 2.31 bits per heavy atom. The van der Waals surface area contributed by atoms with Crippen LogP contribution in [-0.4, -0.2) is 50.9 Å². The molecule has 0 aliphatic heterocycles. The van der Waals surface area contributed by atoms with Crippen molar-refractivity contribution < 1.29 is 22.7 Å². The highest BCUT2D eigenvalue weighted by atomic mass is 35.5. The Balaban J connectivity index is 1.75. The maximum absolute atomic E-state index is 14.3. The van der Waals surface area contributed by atoms with Gasteiger partial charge in [0.1, 0.15) is 18.3 Å². The Bertz CT molecular complexity index is 1480. The molecule has 10 heteroatoms. The van der Waals surface area contributed by atoms with Gasteiger partial charge in [0.15, 0.2) is 0 Å². The topological polar surface area (TPSA) is 96.0 Å². The Morgan fingerprint density at radius 2 is 1.69 bits per heavy atom. The predicted octanol–water partition coefficient (Wildman–Crippen LogP) is 5.72. The minimum atomic E-state index is -4.19. The Labute approximate surface area is 253 Å². The van der Waals surface area contributed by atoms with Crippen molar-refractivity contribution in [3.05, 3.63) is 88.9 Å². The summed E-state index contributed by atoms with van der Waals surface area (Å²) in [6, 6.07) is 19.5. The highest BCUT2D eigenvalue weighted by molar-refractivity contribution is 7.92. The molecule has 0 saturated heterocycles. The lowest BCUT2D eigenvalue weighted by molar-refractivity contribution is -0.140. The molecule has 1 N–H and O–H groups in total. The standard InChI is InChI=1S/C32H38ClN3O5S/c1-4-28(32(38)34-26-10-8-9-11-26)35(21-24-15-17-25(33)18-16-24)31(37)22-36(29-20-23(2)14-19-30(29)41-3)42(39,40)27-12-6-5-7-13-27/h5-7,12-20,26,28H,4,8-11,21-22H2,1-3H3,(H,34,38). The SMILES string of the molecule is CCC(C(=O)NC1CCCC1)N(Cc1ccc(Cl)cc1)C(=O)CN(c1cc(C)ccc1OC)S(=O)(=O)c1ccccc1. The fourth-order valence-corrected chi connectivity index (χ4v) is 6.87. The van der Waals surface area contributed by atoms with Crippen LogP contribution < -0.4 is 14.4 Å². The van der Waals surface area contributed by atoms with Crippen LogP contribution in [0.4, 0.5) is 5.69 Å². The minimum absolute atomic E-state index is 0.0385. The van der Waals surface area contributed by atoms with Crippen LogP contribution in [0.2, 0.25) is 5.02 Å². The number of carbonyl (C=O) groups is 2. The number of rotatable bonds is 12. The van der Waals surface area contributed by atoms with Gasteiger partial charge in [-0.25, -0.2) is 8.42 Å². The van der Waals surface area contributed by atoms with E-state index in [1.807, 2.05) is 19.9 Å². The van der Waals surface area contributed by atoms with Crippen molar-refractivity contribution in [3.8, 4) is 5.75 Å². The zero-order valence-electron chi connectivity index (χ0n) is 24.3. The molecule has 1 aliphatic rings. The molecule has 4 rings (SSSR count). The number of halogens is 1. The summed E-state index contributed by atoms with van der Waals surface area (Å²) in [6.45, 7) is 3.27. The van der Waals surface area contributed by atoms with E-state index in [4.69, 9.17) is 16.3 Å². The predicted molar refractivity (Wildman–Crippen MR) is 165 cm³/mol. The van der Waals surface area contributed by atoms with Gasteiger partial charge in [0.05, 0.1) is 17.7 Å². The number of methoxy groups -OCH3 is 1. The summed E-state index contributed by atoms with van der Waals surface area (Å²) in [7, 11) is -2.74. The molecule has 0 bridgehead atoms. The van der Waals surface area contributed by atoms with Crippen LogP contribution in [0.3, 0.4) is 0 Å². The molecule has 1 saturated carbocycles. The number of ether oxygens (including phenoxy) is 1. The van der Waals surface area contributed by atoms with Gasteiger partial charge in [-0.2, -0.15) is 0 Å². The number of carbonyl (C=O) groups excluding carboxylic acids is 2. The van der Waals surface area contributed by atoms with Gasteiger partial charge in [-0.15, -0.1) is 0 Å². The molecule has 1 atom stereocenters. The third-order valence-corrected chi connectivity index (χ3v) is 9.59. The number of nitrogens with zero attached hydrogens (tertiary/aromatic N) is 2. The minimum Gasteiger partial charge on any atom is -0.495 e. The first-order chi connectivity index (χ1) is 20.1. The van der Waals surface area contributed by atoms with E-state index in [0.29, 0.717) is 17.2 Å². The van der Waals surface area contributed by atoms with Crippen LogP contribution in [0.1, 0.15) is 50.2 Å². The molecule has 2 amide bonds. The van der Waals surface area contributed by atoms with Gasteiger partial charge >= 0.3 is 0 Å². The highest BCUT2D eigenvalue weighted by Crippen LogP contribution is 2.34. The van der Waals surface area contributed by atoms with Gasteiger partial charge < -0.3 is 15.0 Å². The molecule has 1 fully saturated rings. The van der Waals surface area contributed by atoms with Crippen molar-refractivity contribution >= 4 is 39.1 Å². The molecule has 0 spiro atoms. The molecule has 0 aromatic heterocycles. The number of amides is 2. The van der Waals surface area contributed by atoms with Crippen molar-refractivity contribution in [2.75, 3.05) is 18.0 Å². The monoisotopic (exact) mass is 611 g/mol. The van der Waals surface area contributed by atoms with Gasteiger partial charge in [0, 0.05) is 17.6 Å². The third kappa shape index (κ3) is 7.44. The van der Waals surface area contributed by atoms with E-state index in [1.165, 1.54) is 24.1 Å². The van der Waals surface area contributed by atoms with E-state index in [1.54, 1.807) is 54.6 Å². The largest absolute Gasteiger partial charge is 0.495 e. The summed E-state index contributed by atoms with van der Waals surface area (Å²) < 4.78 is 34.8. The first-order valence-electron chi connectivity index (χ1n) is 14.2.